The zero-order valence-corrected chi connectivity index (χ0v) is 12.2. The van der Waals surface area contributed by atoms with Gasteiger partial charge in [0.15, 0.2) is 5.82 Å². The molecule has 7 heteroatoms. The fraction of sp³-hybridized carbons (Fsp3) is 0.400. The van der Waals surface area contributed by atoms with Gasteiger partial charge >= 0.3 is 0 Å². The molecule has 0 bridgehead atoms. The molecule has 0 fully saturated rings. The van der Waals surface area contributed by atoms with E-state index in [0.29, 0.717) is 24.7 Å². The largest absolute Gasteiger partial charge is 0.492 e. The van der Waals surface area contributed by atoms with Gasteiger partial charge in [0.25, 0.3) is 0 Å². The lowest BCUT2D eigenvalue weighted by atomic mass is 9.96. The van der Waals surface area contributed by atoms with Gasteiger partial charge in [0.2, 0.25) is 11.8 Å². The first-order valence-electron chi connectivity index (χ1n) is 7.05. The van der Waals surface area contributed by atoms with Gasteiger partial charge in [0.1, 0.15) is 19.0 Å². The van der Waals surface area contributed by atoms with Crippen molar-refractivity contribution in [2.75, 3.05) is 13.7 Å². The summed E-state index contributed by atoms with van der Waals surface area (Å²) in [4.78, 5) is 16.3. The molecule has 1 aliphatic heterocycles. The van der Waals surface area contributed by atoms with Crippen molar-refractivity contribution in [2.45, 2.75) is 19.6 Å². The number of nitrogens with zero attached hydrogens (tertiary/aromatic N) is 2. The second kappa shape index (κ2) is 6.57. The lowest BCUT2D eigenvalue weighted by Gasteiger charge is -2.24. The van der Waals surface area contributed by atoms with Crippen molar-refractivity contribution in [3.63, 3.8) is 0 Å². The summed E-state index contributed by atoms with van der Waals surface area (Å²) in [5, 5.41) is 6.54. The van der Waals surface area contributed by atoms with Crippen molar-refractivity contribution < 1.29 is 18.8 Å². The van der Waals surface area contributed by atoms with E-state index in [1.54, 1.807) is 7.11 Å². The number of para-hydroxylation sites is 1. The quantitative estimate of drug-likeness (QED) is 0.889. The van der Waals surface area contributed by atoms with E-state index in [1.807, 2.05) is 24.3 Å². The minimum absolute atomic E-state index is 0.0824. The molecule has 1 atom stereocenters. The van der Waals surface area contributed by atoms with Gasteiger partial charge < -0.3 is 19.3 Å². The maximum Gasteiger partial charge on any atom is 0.246 e. The standard InChI is InChI=1S/C15H17N3O4/c1-20-9-13-17-14(22-18-13)7-16-15(19)11-6-10-4-2-3-5-12(10)21-8-11/h2-5,11H,6-9H2,1H3,(H,16,19). The predicted molar refractivity (Wildman–Crippen MR) is 76.0 cm³/mol. The fourth-order valence-electron chi connectivity index (χ4n) is 2.35. The van der Waals surface area contributed by atoms with Crippen LogP contribution in [0.2, 0.25) is 0 Å². The van der Waals surface area contributed by atoms with E-state index in [2.05, 4.69) is 15.5 Å². The van der Waals surface area contributed by atoms with Crippen molar-refractivity contribution in [2.24, 2.45) is 5.92 Å². The number of aromatic nitrogens is 2. The zero-order valence-electron chi connectivity index (χ0n) is 12.2. The summed E-state index contributed by atoms with van der Waals surface area (Å²) in [6.45, 7) is 0.861. The van der Waals surface area contributed by atoms with Crippen LogP contribution in [0.4, 0.5) is 0 Å². The van der Waals surface area contributed by atoms with E-state index in [1.165, 1.54) is 0 Å². The Morgan fingerprint density at radius 3 is 3.18 bits per heavy atom. The first kappa shape index (κ1) is 14.5. The number of carbonyl (C=O) groups is 1. The Hall–Kier alpha value is -2.41. The molecule has 1 amide bonds. The Labute approximate surface area is 127 Å². The van der Waals surface area contributed by atoms with Crippen molar-refractivity contribution in [1.82, 2.24) is 15.5 Å². The Morgan fingerprint density at radius 1 is 1.45 bits per heavy atom. The third-order valence-electron chi connectivity index (χ3n) is 3.45. The Morgan fingerprint density at radius 2 is 2.32 bits per heavy atom. The number of amides is 1. The van der Waals surface area contributed by atoms with Crippen LogP contribution in [0.5, 0.6) is 5.75 Å². The molecule has 0 radical (unpaired) electrons. The van der Waals surface area contributed by atoms with Gasteiger partial charge in [-0.25, -0.2) is 0 Å². The molecule has 1 N–H and O–H groups in total. The van der Waals surface area contributed by atoms with Crippen LogP contribution >= 0.6 is 0 Å². The van der Waals surface area contributed by atoms with E-state index < -0.39 is 0 Å². The first-order chi connectivity index (χ1) is 10.8. The Bertz CT molecular complexity index is 656. The summed E-state index contributed by atoms with van der Waals surface area (Å²) in [6, 6.07) is 7.76. The summed E-state index contributed by atoms with van der Waals surface area (Å²) < 4.78 is 15.5. The molecular weight excluding hydrogens is 286 g/mol. The summed E-state index contributed by atoms with van der Waals surface area (Å²) in [7, 11) is 1.55. The topological polar surface area (TPSA) is 86.5 Å². The highest BCUT2D eigenvalue weighted by Crippen LogP contribution is 2.26. The molecule has 7 nitrogen and oxygen atoms in total. The third-order valence-corrected chi connectivity index (χ3v) is 3.45. The third kappa shape index (κ3) is 3.25. The second-order valence-corrected chi connectivity index (χ2v) is 5.07. The summed E-state index contributed by atoms with van der Waals surface area (Å²) >= 11 is 0. The number of fused-ring (bicyclic) bond motifs is 1. The van der Waals surface area contributed by atoms with Crippen LogP contribution in [0.15, 0.2) is 28.8 Å². The van der Waals surface area contributed by atoms with Gasteiger partial charge in [-0.05, 0) is 18.1 Å². The van der Waals surface area contributed by atoms with E-state index in [0.717, 1.165) is 11.3 Å². The monoisotopic (exact) mass is 303 g/mol. The van der Waals surface area contributed by atoms with Gasteiger partial charge in [-0.1, -0.05) is 23.4 Å². The van der Waals surface area contributed by atoms with Gasteiger partial charge in [-0.2, -0.15) is 4.98 Å². The van der Waals surface area contributed by atoms with Crippen LogP contribution in [0.25, 0.3) is 0 Å². The SMILES string of the molecule is COCc1noc(CNC(=O)C2COc3ccccc3C2)n1. The van der Waals surface area contributed by atoms with Crippen LogP contribution in [-0.4, -0.2) is 29.8 Å². The van der Waals surface area contributed by atoms with E-state index in [4.69, 9.17) is 14.0 Å². The fourth-order valence-corrected chi connectivity index (χ4v) is 2.35. The molecule has 2 heterocycles. The smallest absolute Gasteiger partial charge is 0.246 e. The number of hydrogen-bond donors (Lipinski definition) is 1. The van der Waals surface area contributed by atoms with Crippen LogP contribution in [0.3, 0.4) is 0 Å². The van der Waals surface area contributed by atoms with Gasteiger partial charge in [-0.3, -0.25) is 4.79 Å². The van der Waals surface area contributed by atoms with Crippen LogP contribution < -0.4 is 10.1 Å². The number of nitrogens with one attached hydrogen (secondary N) is 1. The Kier molecular flexibility index (Phi) is 4.34. The summed E-state index contributed by atoms with van der Waals surface area (Å²) in [5.74, 6) is 1.38. The van der Waals surface area contributed by atoms with Gasteiger partial charge in [-0.15, -0.1) is 0 Å². The predicted octanol–water partition coefficient (Wildman–Crippen LogP) is 1.08. The lowest BCUT2D eigenvalue weighted by molar-refractivity contribution is -0.126. The number of benzene rings is 1. The molecule has 0 saturated heterocycles. The van der Waals surface area contributed by atoms with Crippen molar-refractivity contribution >= 4 is 5.91 Å². The van der Waals surface area contributed by atoms with Crippen molar-refractivity contribution in [3.8, 4) is 5.75 Å². The average Bonchev–Trinajstić information content (AvgIpc) is 3.00. The first-order valence-corrected chi connectivity index (χ1v) is 7.05. The number of hydrogen-bond acceptors (Lipinski definition) is 6. The Balaban J connectivity index is 1.54. The van der Waals surface area contributed by atoms with Gasteiger partial charge in [0.05, 0.1) is 12.5 Å². The molecule has 116 valence electrons. The average molecular weight is 303 g/mol. The van der Waals surface area contributed by atoms with Gasteiger partial charge in [0, 0.05) is 7.11 Å². The minimum atomic E-state index is -0.212. The van der Waals surface area contributed by atoms with Crippen molar-refractivity contribution in [3.05, 3.63) is 41.5 Å². The van der Waals surface area contributed by atoms with E-state index in [9.17, 15) is 4.79 Å². The molecule has 3 rings (SSSR count). The minimum Gasteiger partial charge on any atom is -0.492 e. The van der Waals surface area contributed by atoms with Crippen molar-refractivity contribution in [1.29, 1.82) is 0 Å². The number of methoxy groups -OCH3 is 1. The maximum absolute atomic E-state index is 12.2. The van der Waals surface area contributed by atoms with Crippen LogP contribution in [0.1, 0.15) is 17.3 Å². The molecule has 0 spiro atoms. The second-order valence-electron chi connectivity index (χ2n) is 5.07. The highest BCUT2D eigenvalue weighted by molar-refractivity contribution is 5.79. The molecule has 22 heavy (non-hydrogen) atoms. The highest BCUT2D eigenvalue weighted by atomic mass is 16.5. The summed E-state index contributed by atoms with van der Waals surface area (Å²) in [6.07, 6.45) is 0.667. The molecule has 1 unspecified atom stereocenters. The molecule has 1 aromatic heterocycles. The number of ether oxygens (including phenoxy) is 2. The van der Waals surface area contributed by atoms with E-state index >= 15 is 0 Å². The van der Waals surface area contributed by atoms with Crippen LogP contribution in [-0.2, 0) is 29.1 Å². The maximum atomic E-state index is 12.2. The lowest BCUT2D eigenvalue weighted by Crippen LogP contribution is -2.37. The summed E-state index contributed by atoms with van der Waals surface area (Å²) in [5.41, 5.74) is 1.05. The molecule has 1 aromatic carbocycles. The molecular formula is C15H17N3O4. The number of carbonyl (C=O) groups excluding carboxylic acids is 1. The highest BCUT2D eigenvalue weighted by Gasteiger charge is 2.25. The molecule has 0 saturated carbocycles. The molecule has 2 aromatic rings. The van der Waals surface area contributed by atoms with Crippen LogP contribution in [0, 0.1) is 5.92 Å². The number of rotatable bonds is 5. The molecule has 1 aliphatic rings. The molecule has 0 aliphatic carbocycles. The zero-order chi connectivity index (χ0) is 15.4. The van der Waals surface area contributed by atoms with E-state index in [-0.39, 0.29) is 25.0 Å². The normalized spacial score (nSPS) is 16.7.